The Morgan fingerprint density at radius 3 is 2.85 bits per heavy atom. The Hall–Kier alpha value is -2.07. The quantitative estimate of drug-likeness (QED) is 0.898. The second-order valence-corrected chi connectivity index (χ2v) is 5.15. The maximum Gasteiger partial charge on any atom is 0.238 e. The summed E-state index contributed by atoms with van der Waals surface area (Å²) < 4.78 is 5.30. The van der Waals surface area contributed by atoms with Crippen LogP contribution in [0.4, 0.5) is 0 Å². The summed E-state index contributed by atoms with van der Waals surface area (Å²) in [6.45, 7) is 2.66. The molecule has 0 fully saturated rings. The lowest BCUT2D eigenvalue weighted by molar-refractivity contribution is -0.124. The standard InChI is InChI=1S/C16H18N2O2/c1-11(15-7-4-8-20-15)18-16(19)14-9-12-5-2-3-6-13(12)10-17-14/h2-8,11,14,17H,9-10H2,1H3,(H,18,19)/t11?,14-/m0/s1. The highest BCUT2D eigenvalue weighted by Gasteiger charge is 2.25. The maximum atomic E-state index is 12.3. The average Bonchev–Trinajstić information content (AvgIpc) is 3.01. The van der Waals surface area contributed by atoms with Crippen molar-refractivity contribution in [3.8, 4) is 0 Å². The molecule has 3 rings (SSSR count). The molecule has 0 radical (unpaired) electrons. The summed E-state index contributed by atoms with van der Waals surface area (Å²) in [6, 6.07) is 11.6. The van der Waals surface area contributed by atoms with Crippen molar-refractivity contribution in [2.75, 3.05) is 0 Å². The zero-order valence-electron chi connectivity index (χ0n) is 11.4. The maximum absolute atomic E-state index is 12.3. The number of amides is 1. The van der Waals surface area contributed by atoms with Crippen molar-refractivity contribution in [1.29, 1.82) is 0 Å². The van der Waals surface area contributed by atoms with Crippen molar-refractivity contribution in [2.45, 2.75) is 32.0 Å². The average molecular weight is 270 g/mol. The fourth-order valence-corrected chi connectivity index (χ4v) is 2.56. The molecule has 0 bridgehead atoms. The first-order chi connectivity index (χ1) is 9.74. The van der Waals surface area contributed by atoms with Gasteiger partial charge in [0, 0.05) is 6.54 Å². The Balaban J connectivity index is 1.64. The van der Waals surface area contributed by atoms with E-state index in [4.69, 9.17) is 4.42 Å². The van der Waals surface area contributed by atoms with Gasteiger partial charge in [-0.2, -0.15) is 0 Å². The van der Waals surface area contributed by atoms with Crippen molar-refractivity contribution in [1.82, 2.24) is 10.6 Å². The topological polar surface area (TPSA) is 54.3 Å². The van der Waals surface area contributed by atoms with Gasteiger partial charge in [-0.15, -0.1) is 0 Å². The highest BCUT2D eigenvalue weighted by atomic mass is 16.3. The number of fused-ring (bicyclic) bond motifs is 1. The van der Waals surface area contributed by atoms with E-state index in [2.05, 4.69) is 22.8 Å². The van der Waals surface area contributed by atoms with Crippen molar-refractivity contribution >= 4 is 5.91 Å². The summed E-state index contributed by atoms with van der Waals surface area (Å²) >= 11 is 0. The van der Waals surface area contributed by atoms with Gasteiger partial charge in [-0.25, -0.2) is 0 Å². The van der Waals surface area contributed by atoms with Gasteiger partial charge < -0.3 is 15.1 Å². The van der Waals surface area contributed by atoms with Crippen LogP contribution in [0.1, 0.15) is 29.9 Å². The second-order valence-electron chi connectivity index (χ2n) is 5.15. The summed E-state index contributed by atoms with van der Waals surface area (Å²) in [6.07, 6.45) is 2.35. The minimum atomic E-state index is -0.178. The van der Waals surface area contributed by atoms with Crippen LogP contribution in [0.5, 0.6) is 0 Å². The zero-order valence-corrected chi connectivity index (χ0v) is 11.4. The minimum Gasteiger partial charge on any atom is -0.467 e. The molecule has 1 amide bonds. The number of carbonyl (C=O) groups excluding carboxylic acids is 1. The van der Waals surface area contributed by atoms with Crippen LogP contribution >= 0.6 is 0 Å². The number of furan rings is 1. The van der Waals surface area contributed by atoms with Gasteiger partial charge in [0.2, 0.25) is 5.91 Å². The lowest BCUT2D eigenvalue weighted by Gasteiger charge is -2.26. The Kier molecular flexibility index (Phi) is 3.56. The molecule has 20 heavy (non-hydrogen) atoms. The summed E-state index contributed by atoms with van der Waals surface area (Å²) in [7, 11) is 0. The van der Waals surface area contributed by atoms with Crippen molar-refractivity contribution in [3.05, 3.63) is 59.5 Å². The van der Waals surface area contributed by atoms with E-state index in [1.165, 1.54) is 11.1 Å². The lowest BCUT2D eigenvalue weighted by atomic mass is 9.95. The second kappa shape index (κ2) is 5.51. The van der Waals surface area contributed by atoms with Crippen LogP contribution in [-0.4, -0.2) is 11.9 Å². The third kappa shape index (κ3) is 2.60. The smallest absolute Gasteiger partial charge is 0.238 e. The first kappa shape index (κ1) is 12.9. The van der Waals surface area contributed by atoms with Crippen LogP contribution in [0.15, 0.2) is 47.1 Å². The van der Waals surface area contributed by atoms with E-state index in [0.29, 0.717) is 0 Å². The van der Waals surface area contributed by atoms with Crippen LogP contribution in [0.2, 0.25) is 0 Å². The Labute approximate surface area is 118 Å². The van der Waals surface area contributed by atoms with Gasteiger partial charge in [-0.05, 0) is 36.6 Å². The van der Waals surface area contributed by atoms with Gasteiger partial charge in [0.05, 0.1) is 18.3 Å². The highest BCUT2D eigenvalue weighted by molar-refractivity contribution is 5.82. The van der Waals surface area contributed by atoms with E-state index in [9.17, 15) is 4.79 Å². The molecule has 2 atom stereocenters. The molecular formula is C16H18N2O2. The summed E-state index contributed by atoms with van der Waals surface area (Å²) in [4.78, 5) is 12.3. The molecule has 1 unspecified atom stereocenters. The van der Waals surface area contributed by atoms with Crippen LogP contribution in [0.3, 0.4) is 0 Å². The Bertz CT molecular complexity index is 592. The molecule has 2 N–H and O–H groups in total. The van der Waals surface area contributed by atoms with Gasteiger partial charge in [0.25, 0.3) is 0 Å². The predicted octanol–water partition coefficient (Wildman–Crippen LogP) is 2.17. The lowest BCUT2D eigenvalue weighted by Crippen LogP contribution is -2.48. The molecule has 1 aromatic heterocycles. The fraction of sp³-hybridized carbons (Fsp3) is 0.312. The number of hydrogen-bond donors (Lipinski definition) is 2. The van der Waals surface area contributed by atoms with Gasteiger partial charge in [0.15, 0.2) is 0 Å². The van der Waals surface area contributed by atoms with Gasteiger partial charge >= 0.3 is 0 Å². The number of carbonyl (C=O) groups is 1. The van der Waals surface area contributed by atoms with Gasteiger partial charge in [0.1, 0.15) is 5.76 Å². The predicted molar refractivity (Wildman–Crippen MR) is 76.0 cm³/mol. The van der Waals surface area contributed by atoms with E-state index in [1.807, 2.05) is 31.2 Å². The largest absolute Gasteiger partial charge is 0.467 e. The van der Waals surface area contributed by atoms with Crippen LogP contribution in [-0.2, 0) is 17.8 Å². The normalized spacial score (nSPS) is 19.1. The monoisotopic (exact) mass is 270 g/mol. The molecule has 0 aliphatic carbocycles. The highest BCUT2D eigenvalue weighted by Crippen LogP contribution is 2.17. The minimum absolute atomic E-state index is 0.0170. The summed E-state index contributed by atoms with van der Waals surface area (Å²) in [5.74, 6) is 0.790. The molecule has 1 aromatic carbocycles. The molecule has 0 saturated heterocycles. The van der Waals surface area contributed by atoms with E-state index in [1.54, 1.807) is 6.26 Å². The van der Waals surface area contributed by atoms with Crippen LogP contribution < -0.4 is 10.6 Å². The molecule has 0 saturated carbocycles. The Morgan fingerprint density at radius 1 is 1.30 bits per heavy atom. The van der Waals surface area contributed by atoms with Crippen LogP contribution in [0, 0.1) is 0 Å². The van der Waals surface area contributed by atoms with Crippen molar-refractivity contribution in [3.63, 3.8) is 0 Å². The summed E-state index contributed by atoms with van der Waals surface area (Å²) in [5.41, 5.74) is 2.52. The van der Waals surface area contributed by atoms with E-state index in [0.717, 1.165) is 18.7 Å². The Morgan fingerprint density at radius 2 is 2.10 bits per heavy atom. The van der Waals surface area contributed by atoms with Crippen molar-refractivity contribution < 1.29 is 9.21 Å². The SMILES string of the molecule is CC(NC(=O)[C@@H]1Cc2ccccc2CN1)c1ccco1. The van der Waals surface area contributed by atoms with Crippen LogP contribution in [0.25, 0.3) is 0 Å². The molecule has 4 nitrogen and oxygen atoms in total. The molecule has 1 aliphatic rings. The fourth-order valence-electron chi connectivity index (χ4n) is 2.56. The molecule has 4 heteroatoms. The van der Waals surface area contributed by atoms with E-state index < -0.39 is 0 Å². The van der Waals surface area contributed by atoms with Gasteiger partial charge in [-0.3, -0.25) is 4.79 Å². The van der Waals surface area contributed by atoms with E-state index >= 15 is 0 Å². The first-order valence-corrected chi connectivity index (χ1v) is 6.88. The number of hydrogen-bond acceptors (Lipinski definition) is 3. The number of benzene rings is 1. The molecule has 2 heterocycles. The third-order valence-electron chi connectivity index (χ3n) is 3.73. The van der Waals surface area contributed by atoms with E-state index in [-0.39, 0.29) is 18.0 Å². The number of nitrogens with one attached hydrogen (secondary N) is 2. The third-order valence-corrected chi connectivity index (χ3v) is 3.73. The molecular weight excluding hydrogens is 252 g/mol. The zero-order chi connectivity index (χ0) is 13.9. The van der Waals surface area contributed by atoms with Gasteiger partial charge in [-0.1, -0.05) is 24.3 Å². The molecule has 1 aliphatic heterocycles. The van der Waals surface area contributed by atoms with Crippen molar-refractivity contribution in [2.24, 2.45) is 0 Å². The summed E-state index contributed by atoms with van der Waals surface area (Å²) in [5, 5.41) is 6.27. The molecule has 0 spiro atoms. The first-order valence-electron chi connectivity index (χ1n) is 6.88. The number of rotatable bonds is 3. The molecule has 2 aromatic rings. The molecule has 104 valence electrons.